The van der Waals surface area contributed by atoms with E-state index < -0.39 is 6.10 Å². The Morgan fingerprint density at radius 1 is 1.64 bits per heavy atom. The second-order valence-electron chi connectivity index (χ2n) is 4.01. The molecule has 1 aliphatic heterocycles. The normalized spacial score (nSPS) is 29.4. The smallest absolute Gasteiger partial charge is 0.115 e. The lowest BCUT2D eigenvalue weighted by Gasteiger charge is -2.20. The molecule has 78 valence electrons. The highest BCUT2D eigenvalue weighted by Gasteiger charge is 2.32. The number of hydrogen-bond donors (Lipinski definition) is 1. The van der Waals surface area contributed by atoms with Gasteiger partial charge in [-0.25, -0.2) is 0 Å². The summed E-state index contributed by atoms with van der Waals surface area (Å²) in [5, 5.41) is 12.2. The van der Waals surface area contributed by atoms with E-state index in [2.05, 4.69) is 6.92 Å². The minimum atomic E-state index is -0.438. The van der Waals surface area contributed by atoms with Crippen LogP contribution in [0.2, 0.25) is 0 Å². The summed E-state index contributed by atoms with van der Waals surface area (Å²) in [5.41, 5.74) is 1.17. The van der Waals surface area contributed by atoms with Crippen LogP contribution in [0.3, 0.4) is 0 Å². The molecule has 2 nitrogen and oxygen atoms in total. The molecule has 2 rings (SSSR count). The molecule has 3 atom stereocenters. The second-order valence-corrected chi connectivity index (χ2v) is 4.96. The van der Waals surface area contributed by atoms with Gasteiger partial charge in [0.25, 0.3) is 0 Å². The first kappa shape index (κ1) is 10.1. The largest absolute Gasteiger partial charge is 0.385 e. The standard InChI is InChI=1S/C11H16O2S/c1-7-3-5-13-10(7)9(12)11-8(2)4-6-14-11/h4,6-7,9-10,12H,3,5H2,1-2H3. The number of aliphatic hydroxyl groups is 1. The van der Waals surface area contributed by atoms with Gasteiger partial charge in [-0.3, -0.25) is 0 Å². The molecule has 2 heterocycles. The number of rotatable bonds is 2. The molecule has 3 heteroatoms. The lowest BCUT2D eigenvalue weighted by molar-refractivity contribution is -0.0163. The Bertz CT molecular complexity index is 308. The van der Waals surface area contributed by atoms with E-state index in [4.69, 9.17) is 4.74 Å². The van der Waals surface area contributed by atoms with Crippen molar-refractivity contribution in [3.05, 3.63) is 21.9 Å². The van der Waals surface area contributed by atoms with E-state index in [9.17, 15) is 5.11 Å². The van der Waals surface area contributed by atoms with E-state index in [1.54, 1.807) is 11.3 Å². The van der Waals surface area contributed by atoms with Crippen LogP contribution >= 0.6 is 11.3 Å². The minimum Gasteiger partial charge on any atom is -0.385 e. The van der Waals surface area contributed by atoms with Crippen molar-refractivity contribution in [2.24, 2.45) is 5.92 Å². The molecular weight excluding hydrogens is 196 g/mol. The summed E-state index contributed by atoms with van der Waals surface area (Å²) in [5.74, 6) is 0.464. The first-order valence-electron chi connectivity index (χ1n) is 5.04. The lowest BCUT2D eigenvalue weighted by atomic mass is 9.97. The van der Waals surface area contributed by atoms with Crippen LogP contribution in [0.1, 0.15) is 29.9 Å². The maximum Gasteiger partial charge on any atom is 0.115 e. The summed E-state index contributed by atoms with van der Waals surface area (Å²) < 4.78 is 5.56. The summed E-state index contributed by atoms with van der Waals surface area (Å²) in [7, 11) is 0. The van der Waals surface area contributed by atoms with Crippen molar-refractivity contribution in [1.29, 1.82) is 0 Å². The van der Waals surface area contributed by atoms with E-state index >= 15 is 0 Å². The van der Waals surface area contributed by atoms with Gasteiger partial charge in [0.1, 0.15) is 6.10 Å². The quantitative estimate of drug-likeness (QED) is 0.816. The van der Waals surface area contributed by atoms with Crippen LogP contribution in [0.15, 0.2) is 11.4 Å². The summed E-state index contributed by atoms with van der Waals surface area (Å²) in [4.78, 5) is 1.06. The Balaban J connectivity index is 2.15. The molecule has 1 N–H and O–H groups in total. The maximum atomic E-state index is 10.1. The number of aliphatic hydroxyl groups excluding tert-OH is 1. The molecule has 0 radical (unpaired) electrons. The Labute approximate surface area is 88.5 Å². The van der Waals surface area contributed by atoms with Gasteiger partial charge in [-0.1, -0.05) is 6.92 Å². The van der Waals surface area contributed by atoms with Gasteiger partial charge in [0.15, 0.2) is 0 Å². The van der Waals surface area contributed by atoms with Crippen molar-refractivity contribution >= 4 is 11.3 Å². The number of aryl methyl sites for hydroxylation is 1. The molecular formula is C11H16O2S. The zero-order valence-corrected chi connectivity index (χ0v) is 9.38. The fraction of sp³-hybridized carbons (Fsp3) is 0.636. The molecule has 1 aromatic heterocycles. The first-order valence-corrected chi connectivity index (χ1v) is 5.92. The molecule has 0 bridgehead atoms. The topological polar surface area (TPSA) is 29.5 Å². The molecule has 0 aromatic carbocycles. The average Bonchev–Trinajstić information content (AvgIpc) is 2.73. The van der Waals surface area contributed by atoms with Crippen LogP contribution in [0.5, 0.6) is 0 Å². The second kappa shape index (κ2) is 4.01. The van der Waals surface area contributed by atoms with Crippen LogP contribution in [0.4, 0.5) is 0 Å². The third-order valence-corrected chi connectivity index (χ3v) is 4.02. The van der Waals surface area contributed by atoms with Crippen molar-refractivity contribution in [2.75, 3.05) is 6.61 Å². The summed E-state index contributed by atoms with van der Waals surface area (Å²) in [6.45, 7) is 4.96. The van der Waals surface area contributed by atoms with Crippen molar-refractivity contribution in [1.82, 2.24) is 0 Å². The van der Waals surface area contributed by atoms with E-state index in [1.807, 2.05) is 18.4 Å². The van der Waals surface area contributed by atoms with Crippen LogP contribution in [0, 0.1) is 12.8 Å². The van der Waals surface area contributed by atoms with Gasteiger partial charge < -0.3 is 9.84 Å². The number of ether oxygens (including phenoxy) is 1. The highest BCUT2D eigenvalue weighted by atomic mass is 32.1. The van der Waals surface area contributed by atoms with Crippen LogP contribution in [0.25, 0.3) is 0 Å². The van der Waals surface area contributed by atoms with E-state index in [1.165, 1.54) is 5.56 Å². The highest BCUT2D eigenvalue weighted by molar-refractivity contribution is 7.10. The Kier molecular flexibility index (Phi) is 2.91. The monoisotopic (exact) mass is 212 g/mol. The summed E-state index contributed by atoms with van der Waals surface area (Å²) in [6, 6.07) is 2.04. The summed E-state index contributed by atoms with van der Waals surface area (Å²) >= 11 is 1.62. The molecule has 1 aromatic rings. The van der Waals surface area contributed by atoms with Crippen molar-refractivity contribution in [3.8, 4) is 0 Å². The van der Waals surface area contributed by atoms with E-state index in [0.29, 0.717) is 5.92 Å². The number of hydrogen-bond acceptors (Lipinski definition) is 3. The molecule has 3 unspecified atom stereocenters. The third kappa shape index (κ3) is 1.72. The predicted molar refractivity (Wildman–Crippen MR) is 57.5 cm³/mol. The van der Waals surface area contributed by atoms with Crippen LogP contribution < -0.4 is 0 Å². The fourth-order valence-electron chi connectivity index (χ4n) is 1.96. The predicted octanol–water partition coefficient (Wildman–Crippen LogP) is 2.51. The van der Waals surface area contributed by atoms with Gasteiger partial charge in [-0.15, -0.1) is 11.3 Å². The Morgan fingerprint density at radius 3 is 2.93 bits per heavy atom. The van der Waals surface area contributed by atoms with Gasteiger partial charge in [-0.2, -0.15) is 0 Å². The molecule has 1 fully saturated rings. The van der Waals surface area contributed by atoms with Crippen molar-refractivity contribution in [2.45, 2.75) is 32.5 Å². The Morgan fingerprint density at radius 2 is 2.43 bits per heavy atom. The third-order valence-electron chi connectivity index (χ3n) is 2.93. The fourth-order valence-corrected chi connectivity index (χ4v) is 2.90. The lowest BCUT2D eigenvalue weighted by Crippen LogP contribution is -2.22. The highest BCUT2D eigenvalue weighted by Crippen LogP contribution is 2.34. The SMILES string of the molecule is Cc1ccsc1C(O)C1OCCC1C. The van der Waals surface area contributed by atoms with E-state index in [-0.39, 0.29) is 6.10 Å². The zero-order valence-electron chi connectivity index (χ0n) is 8.56. The molecule has 14 heavy (non-hydrogen) atoms. The zero-order chi connectivity index (χ0) is 10.1. The minimum absolute atomic E-state index is 0.00708. The molecule has 0 saturated carbocycles. The first-order chi connectivity index (χ1) is 6.70. The van der Waals surface area contributed by atoms with Gasteiger partial charge in [0.05, 0.1) is 6.10 Å². The molecule has 1 aliphatic rings. The number of thiophene rings is 1. The molecule has 0 amide bonds. The van der Waals surface area contributed by atoms with Crippen LogP contribution in [-0.4, -0.2) is 17.8 Å². The summed E-state index contributed by atoms with van der Waals surface area (Å²) in [6.07, 6.45) is 0.617. The van der Waals surface area contributed by atoms with E-state index in [0.717, 1.165) is 17.9 Å². The molecule has 0 aliphatic carbocycles. The average molecular weight is 212 g/mol. The van der Waals surface area contributed by atoms with Gasteiger partial charge in [0, 0.05) is 11.5 Å². The van der Waals surface area contributed by atoms with Crippen LogP contribution in [-0.2, 0) is 4.74 Å². The molecule has 1 saturated heterocycles. The maximum absolute atomic E-state index is 10.1. The van der Waals surface area contributed by atoms with Crippen molar-refractivity contribution in [3.63, 3.8) is 0 Å². The Hall–Kier alpha value is -0.380. The van der Waals surface area contributed by atoms with Gasteiger partial charge in [-0.05, 0) is 36.3 Å². The van der Waals surface area contributed by atoms with Gasteiger partial charge in [0.2, 0.25) is 0 Å². The van der Waals surface area contributed by atoms with Gasteiger partial charge >= 0.3 is 0 Å². The van der Waals surface area contributed by atoms with Crippen molar-refractivity contribution < 1.29 is 9.84 Å². The molecule has 0 spiro atoms.